The molecule has 110 valence electrons. The van der Waals surface area contributed by atoms with E-state index in [0.29, 0.717) is 12.4 Å². The topological polar surface area (TPSA) is 86.6 Å². The zero-order chi connectivity index (χ0) is 15.5. The molecule has 0 fully saturated rings. The van der Waals surface area contributed by atoms with Gasteiger partial charge < -0.3 is 14.9 Å². The van der Waals surface area contributed by atoms with Crippen molar-refractivity contribution < 1.29 is 14.7 Å². The van der Waals surface area contributed by atoms with Crippen LogP contribution in [0.3, 0.4) is 0 Å². The molecule has 0 unspecified atom stereocenters. The summed E-state index contributed by atoms with van der Waals surface area (Å²) < 4.78 is 0. The summed E-state index contributed by atoms with van der Waals surface area (Å²) in [6.45, 7) is 5.50. The smallest absolute Gasteiger partial charge is 0.329 e. The Labute approximate surface area is 118 Å². The molecule has 0 saturated carbocycles. The van der Waals surface area contributed by atoms with Crippen molar-refractivity contribution >= 4 is 17.7 Å². The van der Waals surface area contributed by atoms with E-state index in [0.717, 1.165) is 0 Å². The predicted molar refractivity (Wildman–Crippen MR) is 74.8 cm³/mol. The number of aliphatic carboxylic acids is 1. The van der Waals surface area contributed by atoms with Gasteiger partial charge in [-0.1, -0.05) is 0 Å². The molecule has 1 heterocycles. The number of hydrogen-bond donors (Lipinski definition) is 1. The number of hydrogen-bond acceptors (Lipinski definition) is 5. The number of carboxylic acid groups (broad SMARTS) is 1. The van der Waals surface area contributed by atoms with Gasteiger partial charge in [0.05, 0.1) is 0 Å². The molecule has 0 atom stereocenters. The van der Waals surface area contributed by atoms with Gasteiger partial charge in [0, 0.05) is 20.6 Å². The molecule has 0 spiro atoms. The van der Waals surface area contributed by atoms with Gasteiger partial charge in [0.2, 0.25) is 0 Å². The number of carboxylic acids is 1. The molecule has 1 N–H and O–H groups in total. The normalized spacial score (nSPS) is 11.1. The van der Waals surface area contributed by atoms with Gasteiger partial charge in [-0.2, -0.15) is 0 Å². The van der Waals surface area contributed by atoms with E-state index in [2.05, 4.69) is 10.2 Å². The van der Waals surface area contributed by atoms with Crippen molar-refractivity contribution in [3.63, 3.8) is 0 Å². The number of aromatic nitrogens is 2. The summed E-state index contributed by atoms with van der Waals surface area (Å²) in [5.74, 6) is -0.769. The molecule has 0 bridgehead atoms. The minimum absolute atomic E-state index is 0.225. The number of rotatable bonds is 5. The lowest BCUT2D eigenvalue weighted by Gasteiger charge is -2.34. The maximum Gasteiger partial charge on any atom is 0.329 e. The van der Waals surface area contributed by atoms with Crippen LogP contribution in [0.25, 0.3) is 0 Å². The maximum atomic E-state index is 11.7. The molecule has 0 aliphatic heterocycles. The largest absolute Gasteiger partial charge is 0.480 e. The Morgan fingerprint density at radius 1 is 1.25 bits per heavy atom. The number of carbonyl (C=O) groups is 2. The highest BCUT2D eigenvalue weighted by Gasteiger charge is 2.34. The van der Waals surface area contributed by atoms with E-state index in [1.807, 2.05) is 6.92 Å². The highest BCUT2D eigenvalue weighted by Crippen LogP contribution is 2.21. The molecule has 1 aromatic heterocycles. The summed E-state index contributed by atoms with van der Waals surface area (Å²) >= 11 is 0. The van der Waals surface area contributed by atoms with Crippen LogP contribution in [0.4, 0.5) is 5.82 Å². The van der Waals surface area contributed by atoms with E-state index in [-0.39, 0.29) is 11.6 Å². The Kier molecular flexibility index (Phi) is 4.65. The van der Waals surface area contributed by atoms with Crippen LogP contribution in [0, 0.1) is 0 Å². The van der Waals surface area contributed by atoms with Crippen molar-refractivity contribution in [1.29, 1.82) is 0 Å². The van der Waals surface area contributed by atoms with Gasteiger partial charge in [-0.3, -0.25) is 4.79 Å². The summed E-state index contributed by atoms with van der Waals surface area (Å²) in [5.41, 5.74) is -0.876. The van der Waals surface area contributed by atoms with E-state index >= 15 is 0 Å². The van der Waals surface area contributed by atoms with Gasteiger partial charge in [0.1, 0.15) is 5.54 Å². The lowest BCUT2D eigenvalue weighted by molar-refractivity contribution is -0.142. The summed E-state index contributed by atoms with van der Waals surface area (Å²) in [4.78, 5) is 26.0. The lowest BCUT2D eigenvalue weighted by Crippen LogP contribution is -2.50. The molecule has 1 aromatic rings. The average molecular weight is 280 g/mol. The number of amides is 1. The fourth-order valence-corrected chi connectivity index (χ4v) is 1.77. The van der Waals surface area contributed by atoms with Crippen LogP contribution in [0.2, 0.25) is 0 Å². The van der Waals surface area contributed by atoms with Crippen LogP contribution >= 0.6 is 0 Å². The van der Waals surface area contributed by atoms with Crippen LogP contribution < -0.4 is 4.90 Å². The molecule has 20 heavy (non-hydrogen) atoms. The van der Waals surface area contributed by atoms with Crippen molar-refractivity contribution in [3.05, 3.63) is 17.8 Å². The Balaban J connectivity index is 3.08. The third-order valence-corrected chi connectivity index (χ3v) is 3.07. The van der Waals surface area contributed by atoms with Gasteiger partial charge in [0.15, 0.2) is 11.5 Å². The van der Waals surface area contributed by atoms with Gasteiger partial charge in [0.25, 0.3) is 5.91 Å². The van der Waals surface area contributed by atoms with Crippen LogP contribution in [0.15, 0.2) is 12.1 Å². The first kappa shape index (κ1) is 15.9. The Hall–Kier alpha value is -2.18. The summed E-state index contributed by atoms with van der Waals surface area (Å²) in [7, 11) is 3.26. The van der Waals surface area contributed by atoms with Crippen LogP contribution in [-0.4, -0.2) is 58.3 Å². The highest BCUT2D eigenvalue weighted by molar-refractivity contribution is 5.92. The van der Waals surface area contributed by atoms with E-state index < -0.39 is 11.5 Å². The fraction of sp³-hybridized carbons (Fsp3) is 0.538. The third kappa shape index (κ3) is 3.04. The van der Waals surface area contributed by atoms with E-state index in [1.54, 1.807) is 45.0 Å². The quantitative estimate of drug-likeness (QED) is 0.861. The monoisotopic (exact) mass is 280 g/mol. The molecular formula is C13H20N4O3. The SMILES string of the molecule is CCN(c1ccc(C(=O)N(C)C)nn1)C(C)(C)C(=O)O. The molecule has 0 radical (unpaired) electrons. The fourth-order valence-electron chi connectivity index (χ4n) is 1.77. The van der Waals surface area contributed by atoms with Crippen molar-refractivity contribution in [2.75, 3.05) is 25.5 Å². The van der Waals surface area contributed by atoms with Gasteiger partial charge in [-0.15, -0.1) is 10.2 Å². The standard InChI is InChI=1S/C13H20N4O3/c1-6-17(13(2,3)12(19)20)10-8-7-9(14-15-10)11(18)16(4)5/h7-8H,6H2,1-5H3,(H,19,20). The number of nitrogens with zero attached hydrogens (tertiary/aromatic N) is 4. The van der Waals surface area contributed by atoms with E-state index in [1.165, 1.54) is 4.90 Å². The van der Waals surface area contributed by atoms with Crippen molar-refractivity contribution in [2.24, 2.45) is 0 Å². The lowest BCUT2D eigenvalue weighted by atomic mass is 10.0. The summed E-state index contributed by atoms with van der Waals surface area (Å²) in [5, 5.41) is 17.1. The van der Waals surface area contributed by atoms with Crippen molar-refractivity contribution in [2.45, 2.75) is 26.3 Å². The second-order valence-corrected chi connectivity index (χ2v) is 5.08. The van der Waals surface area contributed by atoms with E-state index in [4.69, 9.17) is 0 Å². The molecule has 0 saturated heterocycles. The molecule has 7 heteroatoms. The zero-order valence-corrected chi connectivity index (χ0v) is 12.4. The van der Waals surface area contributed by atoms with E-state index in [9.17, 15) is 14.7 Å². The first-order valence-electron chi connectivity index (χ1n) is 6.28. The van der Waals surface area contributed by atoms with Crippen molar-refractivity contribution in [1.82, 2.24) is 15.1 Å². The highest BCUT2D eigenvalue weighted by atomic mass is 16.4. The summed E-state index contributed by atoms with van der Waals surface area (Å²) in [6, 6.07) is 3.16. The minimum atomic E-state index is -1.10. The molecule has 0 aromatic carbocycles. The second-order valence-electron chi connectivity index (χ2n) is 5.08. The van der Waals surface area contributed by atoms with Gasteiger partial charge in [-0.05, 0) is 32.9 Å². The average Bonchev–Trinajstić information content (AvgIpc) is 2.39. The molecular weight excluding hydrogens is 260 g/mol. The predicted octanol–water partition coefficient (Wildman–Crippen LogP) is 0.868. The zero-order valence-electron chi connectivity index (χ0n) is 12.4. The first-order valence-corrected chi connectivity index (χ1v) is 6.28. The third-order valence-electron chi connectivity index (χ3n) is 3.07. The van der Waals surface area contributed by atoms with Gasteiger partial charge >= 0.3 is 5.97 Å². The molecule has 1 rings (SSSR count). The molecule has 0 aliphatic rings. The molecule has 7 nitrogen and oxygen atoms in total. The van der Waals surface area contributed by atoms with Gasteiger partial charge in [-0.25, -0.2) is 4.79 Å². The Bertz CT molecular complexity index is 497. The minimum Gasteiger partial charge on any atom is -0.480 e. The first-order chi connectivity index (χ1) is 9.21. The van der Waals surface area contributed by atoms with Crippen LogP contribution in [0.1, 0.15) is 31.3 Å². The number of carbonyl (C=O) groups excluding carboxylic acids is 1. The maximum absolute atomic E-state index is 11.7. The van der Waals surface area contributed by atoms with Crippen LogP contribution in [-0.2, 0) is 4.79 Å². The molecule has 1 amide bonds. The summed E-state index contributed by atoms with van der Waals surface area (Å²) in [6.07, 6.45) is 0. The molecule has 0 aliphatic carbocycles. The Morgan fingerprint density at radius 2 is 1.85 bits per heavy atom. The van der Waals surface area contributed by atoms with Crippen molar-refractivity contribution in [3.8, 4) is 0 Å². The Morgan fingerprint density at radius 3 is 2.20 bits per heavy atom. The van der Waals surface area contributed by atoms with Crippen LogP contribution in [0.5, 0.6) is 0 Å². The number of anilines is 1. The second kappa shape index (κ2) is 5.85. The number of likely N-dealkylation sites (N-methyl/N-ethyl adjacent to an activating group) is 1.